The molecule has 2 aromatic carbocycles. The van der Waals surface area contributed by atoms with E-state index in [0.29, 0.717) is 16.8 Å². The number of nitrogens with one attached hydrogen (secondary N) is 2. The number of aromatic nitrogens is 3. The number of carbonyl (C=O) groups excluding carboxylic acids is 2. The molecular formula is C18H10F6N4O4. The number of hydrogen-bond acceptors (Lipinski definition) is 7. The Balaban J connectivity index is 1.69. The van der Waals surface area contributed by atoms with Crippen LogP contribution in [0.3, 0.4) is 0 Å². The van der Waals surface area contributed by atoms with Crippen LogP contribution in [-0.2, 0) is 9.53 Å². The number of aromatic amines is 1. The number of esters is 2. The Morgan fingerprint density at radius 1 is 0.875 bits per heavy atom. The summed E-state index contributed by atoms with van der Waals surface area (Å²) < 4.78 is 80.9. The molecule has 1 aromatic heterocycles. The van der Waals surface area contributed by atoms with Gasteiger partial charge in [0, 0.05) is 5.69 Å². The molecule has 32 heavy (non-hydrogen) atoms. The van der Waals surface area contributed by atoms with Crippen LogP contribution in [0, 0.1) is 0 Å². The fraction of sp³-hybridized carbons (Fsp3) is 0.111. The number of H-pyrrole nitrogens is 1. The lowest BCUT2D eigenvalue weighted by Gasteiger charge is -2.10. The van der Waals surface area contributed by atoms with Crippen molar-refractivity contribution >= 4 is 23.4 Å². The Morgan fingerprint density at radius 2 is 1.44 bits per heavy atom. The molecule has 0 saturated heterocycles. The topological polar surface area (TPSA) is 106 Å². The molecular weight excluding hydrogens is 450 g/mol. The van der Waals surface area contributed by atoms with E-state index in [0.717, 1.165) is 12.1 Å². The van der Waals surface area contributed by atoms with Crippen molar-refractivity contribution < 1.29 is 45.4 Å². The molecule has 0 aliphatic heterocycles. The zero-order valence-corrected chi connectivity index (χ0v) is 15.4. The van der Waals surface area contributed by atoms with Crippen LogP contribution in [-0.4, -0.2) is 39.9 Å². The Bertz CT molecular complexity index is 1110. The van der Waals surface area contributed by atoms with Crippen molar-refractivity contribution in [2.24, 2.45) is 0 Å². The summed E-state index contributed by atoms with van der Waals surface area (Å²) in [6.45, 7) is 0. The Labute approximate surface area is 174 Å². The second-order valence-corrected chi connectivity index (χ2v) is 5.98. The first-order chi connectivity index (χ1) is 14.9. The van der Waals surface area contributed by atoms with E-state index in [1.165, 1.54) is 24.3 Å². The maximum absolute atomic E-state index is 12.2. The van der Waals surface area contributed by atoms with Crippen LogP contribution >= 0.6 is 0 Å². The molecule has 0 fully saturated rings. The van der Waals surface area contributed by atoms with Crippen molar-refractivity contribution in [2.45, 2.75) is 12.5 Å². The fourth-order valence-electron chi connectivity index (χ4n) is 2.38. The molecule has 0 saturated carbocycles. The molecule has 0 aliphatic carbocycles. The van der Waals surface area contributed by atoms with Crippen molar-refractivity contribution in [2.75, 3.05) is 5.32 Å². The minimum atomic E-state index is -5.36. The molecule has 0 radical (unpaired) electrons. The first kappa shape index (κ1) is 22.6. The van der Waals surface area contributed by atoms with Gasteiger partial charge >= 0.3 is 24.5 Å². The number of carbonyl (C=O) groups is 2. The van der Waals surface area contributed by atoms with E-state index in [-0.39, 0.29) is 11.6 Å². The molecule has 0 unspecified atom stereocenters. The smallest absolute Gasteiger partial charge is 0.406 e. The van der Waals surface area contributed by atoms with Gasteiger partial charge in [-0.3, -0.25) is 0 Å². The molecule has 1 heterocycles. The van der Waals surface area contributed by atoms with Gasteiger partial charge in [-0.2, -0.15) is 13.2 Å². The van der Waals surface area contributed by atoms with Crippen LogP contribution in [0.5, 0.6) is 5.75 Å². The second-order valence-electron chi connectivity index (χ2n) is 5.98. The van der Waals surface area contributed by atoms with E-state index in [1.54, 1.807) is 12.1 Å². The standard InChI is InChI=1S/C18H10F6N4O4/c19-17(20,21)16(30)31-15(29)13-14(27-28-26-13)25-11-5-1-9(2-6-11)10-3-7-12(8-4-10)32-18(22,23)24/h1-8H,(H2,25,26,27,28). The van der Waals surface area contributed by atoms with Crippen molar-refractivity contribution in [3.8, 4) is 16.9 Å². The summed E-state index contributed by atoms with van der Waals surface area (Å²) in [6.07, 6.45) is -10.2. The molecule has 0 bridgehead atoms. The van der Waals surface area contributed by atoms with E-state index in [1.807, 2.05) is 5.10 Å². The molecule has 3 rings (SSSR count). The average Bonchev–Trinajstić information content (AvgIpc) is 3.15. The van der Waals surface area contributed by atoms with Gasteiger partial charge in [0.25, 0.3) is 0 Å². The van der Waals surface area contributed by atoms with Gasteiger partial charge in [0.05, 0.1) is 0 Å². The normalized spacial score (nSPS) is 11.7. The first-order valence-electron chi connectivity index (χ1n) is 8.40. The number of alkyl halides is 6. The zero-order valence-electron chi connectivity index (χ0n) is 15.4. The average molecular weight is 460 g/mol. The Kier molecular flexibility index (Phi) is 6.04. The predicted molar refractivity (Wildman–Crippen MR) is 94.7 cm³/mol. The molecule has 0 atom stereocenters. The van der Waals surface area contributed by atoms with Crippen molar-refractivity contribution in [3.05, 3.63) is 54.2 Å². The molecule has 8 nitrogen and oxygen atoms in total. The number of ether oxygens (including phenoxy) is 2. The Hall–Kier alpha value is -4.10. The van der Waals surface area contributed by atoms with Crippen LogP contribution in [0.1, 0.15) is 10.5 Å². The summed E-state index contributed by atoms with van der Waals surface area (Å²) in [6, 6.07) is 11.3. The highest BCUT2D eigenvalue weighted by Gasteiger charge is 2.43. The van der Waals surface area contributed by atoms with Crippen LogP contribution in [0.4, 0.5) is 37.8 Å². The number of nitrogens with zero attached hydrogens (tertiary/aromatic N) is 2. The van der Waals surface area contributed by atoms with Crippen LogP contribution in [0.15, 0.2) is 48.5 Å². The molecule has 0 aliphatic rings. The molecule has 14 heteroatoms. The van der Waals surface area contributed by atoms with Crippen molar-refractivity contribution in [1.29, 1.82) is 0 Å². The van der Waals surface area contributed by atoms with Crippen molar-refractivity contribution in [3.63, 3.8) is 0 Å². The van der Waals surface area contributed by atoms with Gasteiger partial charge in [-0.25, -0.2) is 14.7 Å². The highest BCUT2D eigenvalue weighted by atomic mass is 19.4. The molecule has 0 spiro atoms. The number of rotatable bonds is 5. The summed E-state index contributed by atoms with van der Waals surface area (Å²) in [7, 11) is 0. The summed E-state index contributed by atoms with van der Waals surface area (Å²) in [4.78, 5) is 22.5. The maximum Gasteiger partial charge on any atom is 0.573 e. The van der Waals surface area contributed by atoms with Gasteiger partial charge in [0.1, 0.15) is 5.75 Å². The molecule has 2 N–H and O–H groups in total. The van der Waals surface area contributed by atoms with E-state index in [4.69, 9.17) is 0 Å². The van der Waals surface area contributed by atoms with Crippen LogP contribution in [0.25, 0.3) is 11.1 Å². The summed E-state index contributed by atoms with van der Waals surface area (Å²) in [5.74, 6) is -5.02. The lowest BCUT2D eigenvalue weighted by Crippen LogP contribution is -2.28. The van der Waals surface area contributed by atoms with E-state index in [2.05, 4.69) is 25.1 Å². The number of anilines is 2. The minimum Gasteiger partial charge on any atom is -0.406 e. The lowest BCUT2D eigenvalue weighted by molar-refractivity contribution is -0.274. The summed E-state index contributed by atoms with van der Waals surface area (Å²) in [5, 5.41) is 11.4. The van der Waals surface area contributed by atoms with Gasteiger partial charge in [-0.1, -0.05) is 29.5 Å². The number of benzene rings is 2. The minimum absolute atomic E-state index is 0.300. The summed E-state index contributed by atoms with van der Waals surface area (Å²) >= 11 is 0. The van der Waals surface area contributed by atoms with Gasteiger partial charge < -0.3 is 14.8 Å². The van der Waals surface area contributed by atoms with Gasteiger partial charge in [0.15, 0.2) is 11.5 Å². The summed E-state index contributed by atoms with van der Waals surface area (Å²) in [5.41, 5.74) is 0.898. The number of halogens is 6. The monoisotopic (exact) mass is 460 g/mol. The number of hydrogen-bond donors (Lipinski definition) is 2. The van der Waals surface area contributed by atoms with Crippen LogP contribution in [0.2, 0.25) is 0 Å². The third-order valence-electron chi connectivity index (χ3n) is 3.74. The van der Waals surface area contributed by atoms with Crippen LogP contribution < -0.4 is 10.1 Å². The van der Waals surface area contributed by atoms with E-state index in [9.17, 15) is 35.9 Å². The second kappa shape index (κ2) is 8.56. The molecule has 168 valence electrons. The highest BCUT2D eigenvalue weighted by Crippen LogP contribution is 2.28. The molecule has 3 aromatic rings. The van der Waals surface area contributed by atoms with Crippen molar-refractivity contribution in [1.82, 2.24) is 15.4 Å². The van der Waals surface area contributed by atoms with Gasteiger partial charge in [-0.15, -0.1) is 18.3 Å². The highest BCUT2D eigenvalue weighted by molar-refractivity contribution is 6.00. The molecule has 0 amide bonds. The SMILES string of the molecule is O=C(OC(=O)C(F)(F)F)c1[nH]nnc1Nc1ccc(-c2ccc(OC(F)(F)F)cc2)cc1. The maximum atomic E-state index is 12.2. The third-order valence-corrected chi connectivity index (χ3v) is 3.74. The third kappa shape index (κ3) is 5.74. The van der Waals surface area contributed by atoms with E-state index >= 15 is 0 Å². The Morgan fingerprint density at radius 3 is 1.97 bits per heavy atom. The van der Waals surface area contributed by atoms with Gasteiger partial charge in [0.2, 0.25) is 0 Å². The zero-order chi connectivity index (χ0) is 23.5. The van der Waals surface area contributed by atoms with E-state index < -0.39 is 30.2 Å². The lowest BCUT2D eigenvalue weighted by atomic mass is 10.1. The van der Waals surface area contributed by atoms with Gasteiger partial charge in [-0.05, 0) is 35.4 Å². The quantitative estimate of drug-likeness (QED) is 0.331. The fourth-order valence-corrected chi connectivity index (χ4v) is 2.38. The largest absolute Gasteiger partial charge is 0.573 e. The first-order valence-corrected chi connectivity index (χ1v) is 8.40. The predicted octanol–water partition coefficient (Wildman–Crippen LogP) is 4.36.